The first-order valence-electron chi connectivity index (χ1n) is 11.4. The lowest BCUT2D eigenvalue weighted by Gasteiger charge is -2.23. The minimum atomic E-state index is -0.659. The molecule has 1 aliphatic rings. The van der Waals surface area contributed by atoms with E-state index in [1.54, 1.807) is 41.4 Å². The summed E-state index contributed by atoms with van der Waals surface area (Å²) in [5, 5.41) is 3.44. The van der Waals surface area contributed by atoms with E-state index in [0.717, 1.165) is 18.3 Å². The average molecular weight is 475 g/mol. The number of halogens is 2. The highest BCUT2D eigenvalue weighted by Crippen LogP contribution is 2.32. The summed E-state index contributed by atoms with van der Waals surface area (Å²) < 4.78 is 31.7. The molecule has 0 aliphatic carbocycles. The molecule has 178 valence electrons. The van der Waals surface area contributed by atoms with Crippen LogP contribution in [-0.4, -0.2) is 32.0 Å². The van der Waals surface area contributed by atoms with Crippen molar-refractivity contribution < 1.29 is 13.6 Å². The van der Waals surface area contributed by atoms with Crippen LogP contribution in [0, 0.1) is 18.6 Å². The fourth-order valence-electron chi connectivity index (χ4n) is 4.44. The molecule has 7 nitrogen and oxygen atoms in total. The molecule has 0 radical (unpaired) electrons. The predicted octanol–water partition coefficient (Wildman–Crippen LogP) is 5.70. The second-order valence-corrected chi connectivity index (χ2v) is 8.74. The van der Waals surface area contributed by atoms with Crippen LogP contribution in [0.4, 0.5) is 26.2 Å². The molecule has 1 aliphatic heterocycles. The molecule has 0 unspecified atom stereocenters. The van der Waals surface area contributed by atoms with Crippen LogP contribution in [0.25, 0.3) is 22.2 Å². The van der Waals surface area contributed by atoms with Gasteiger partial charge in [0.1, 0.15) is 17.3 Å². The Morgan fingerprint density at radius 1 is 1.06 bits per heavy atom. The van der Waals surface area contributed by atoms with E-state index in [-0.39, 0.29) is 23.6 Å². The van der Waals surface area contributed by atoms with E-state index in [1.807, 2.05) is 31.4 Å². The molecule has 35 heavy (non-hydrogen) atoms. The molecule has 0 saturated heterocycles. The van der Waals surface area contributed by atoms with Gasteiger partial charge >= 0.3 is 0 Å². The summed E-state index contributed by atoms with van der Waals surface area (Å²) in [6, 6.07) is 8.40. The first-order chi connectivity index (χ1) is 16.8. The third-order valence-corrected chi connectivity index (χ3v) is 5.98. The van der Waals surface area contributed by atoms with E-state index in [2.05, 4.69) is 20.3 Å². The zero-order valence-corrected chi connectivity index (χ0v) is 19.6. The highest BCUT2D eigenvalue weighted by molar-refractivity contribution is 6.02. The molecule has 3 aromatic heterocycles. The molecule has 0 bridgehead atoms. The summed E-state index contributed by atoms with van der Waals surface area (Å²) >= 11 is 0. The van der Waals surface area contributed by atoms with Gasteiger partial charge in [-0.25, -0.2) is 23.7 Å². The minimum Gasteiger partial charge on any atom is -0.342 e. The highest BCUT2D eigenvalue weighted by Gasteiger charge is 2.18. The van der Waals surface area contributed by atoms with Crippen molar-refractivity contribution in [3.63, 3.8) is 0 Å². The molecule has 0 fully saturated rings. The lowest BCUT2D eigenvalue weighted by molar-refractivity contribution is -0.114. The zero-order valence-electron chi connectivity index (χ0n) is 19.6. The van der Waals surface area contributed by atoms with E-state index in [4.69, 9.17) is 0 Å². The Morgan fingerprint density at radius 2 is 1.89 bits per heavy atom. The van der Waals surface area contributed by atoms with Gasteiger partial charge in [0.05, 0.1) is 23.6 Å². The SMILES string of the molecule is Cc1cc2c(F)cc(-c3nc(Nc4ccc(N5CCC=CC5=O)cn4)ncc3F)cc2n1C(C)C. The Kier molecular flexibility index (Phi) is 5.76. The lowest BCUT2D eigenvalue weighted by Crippen LogP contribution is -2.32. The number of aromatic nitrogens is 4. The van der Waals surface area contributed by atoms with E-state index in [9.17, 15) is 13.6 Å². The number of amides is 1. The van der Waals surface area contributed by atoms with Gasteiger partial charge in [-0.2, -0.15) is 0 Å². The number of anilines is 3. The summed E-state index contributed by atoms with van der Waals surface area (Å²) in [6.07, 6.45) is 6.80. The maximum absolute atomic E-state index is 15.0. The van der Waals surface area contributed by atoms with Crippen LogP contribution in [0.1, 0.15) is 32.0 Å². The van der Waals surface area contributed by atoms with E-state index < -0.39 is 11.6 Å². The largest absolute Gasteiger partial charge is 0.342 e. The van der Waals surface area contributed by atoms with Crippen molar-refractivity contribution >= 4 is 34.3 Å². The van der Waals surface area contributed by atoms with Gasteiger partial charge in [-0.05, 0) is 63.6 Å². The zero-order chi connectivity index (χ0) is 24.7. The van der Waals surface area contributed by atoms with Gasteiger partial charge in [0.2, 0.25) is 5.95 Å². The quantitative estimate of drug-likeness (QED) is 0.402. The van der Waals surface area contributed by atoms with Gasteiger partial charge in [-0.3, -0.25) is 4.79 Å². The van der Waals surface area contributed by atoms with Gasteiger partial charge in [-0.15, -0.1) is 0 Å². The van der Waals surface area contributed by atoms with Crippen molar-refractivity contribution in [3.8, 4) is 11.3 Å². The lowest BCUT2D eigenvalue weighted by atomic mass is 10.1. The number of pyridine rings is 1. The third-order valence-electron chi connectivity index (χ3n) is 5.98. The van der Waals surface area contributed by atoms with Gasteiger partial charge in [0, 0.05) is 29.2 Å². The van der Waals surface area contributed by atoms with Crippen molar-refractivity contribution in [1.82, 2.24) is 19.5 Å². The first kappa shape index (κ1) is 22.6. The summed E-state index contributed by atoms with van der Waals surface area (Å²) in [5.74, 6) is -0.638. The first-order valence-corrected chi connectivity index (χ1v) is 11.4. The molecule has 0 atom stereocenters. The number of hydrogen-bond donors (Lipinski definition) is 1. The van der Waals surface area contributed by atoms with Crippen LogP contribution >= 0.6 is 0 Å². The average Bonchev–Trinajstić information content (AvgIpc) is 3.18. The number of benzene rings is 1. The Balaban J connectivity index is 1.46. The summed E-state index contributed by atoms with van der Waals surface area (Å²) in [6.45, 7) is 6.54. The molecule has 0 saturated carbocycles. The smallest absolute Gasteiger partial charge is 0.250 e. The standard InChI is InChI=1S/C26H24F2N6O/c1-15(2)34-16(3)10-19-20(27)11-17(12-22(19)34)25-21(28)14-30-26(32-25)31-23-8-7-18(13-29-23)33-9-5-4-6-24(33)35/h4,6-8,10-15H,5,9H2,1-3H3,(H,29,30,31,32). The topological polar surface area (TPSA) is 75.9 Å². The summed E-state index contributed by atoms with van der Waals surface area (Å²) in [7, 11) is 0. The number of nitrogens with zero attached hydrogens (tertiary/aromatic N) is 5. The monoisotopic (exact) mass is 474 g/mol. The maximum atomic E-state index is 15.0. The van der Waals surface area contributed by atoms with E-state index >= 15 is 0 Å². The summed E-state index contributed by atoms with van der Waals surface area (Å²) in [5.41, 5.74) is 2.59. The molecule has 5 rings (SSSR count). The normalized spacial score (nSPS) is 13.8. The molecule has 1 N–H and O–H groups in total. The van der Waals surface area contributed by atoms with Gasteiger partial charge in [0.25, 0.3) is 5.91 Å². The molecular formula is C26H24F2N6O. The van der Waals surface area contributed by atoms with Gasteiger partial charge in [-0.1, -0.05) is 6.08 Å². The number of rotatable bonds is 5. The van der Waals surface area contributed by atoms with Crippen molar-refractivity contribution in [2.75, 3.05) is 16.8 Å². The molecular weight excluding hydrogens is 450 g/mol. The molecule has 1 aromatic carbocycles. The van der Waals surface area contributed by atoms with E-state index in [0.29, 0.717) is 34.5 Å². The van der Waals surface area contributed by atoms with Crippen LogP contribution in [0.15, 0.2) is 54.9 Å². The Labute approximate surface area is 201 Å². The van der Waals surface area contributed by atoms with Crippen LogP contribution in [0.5, 0.6) is 0 Å². The minimum absolute atomic E-state index is 0.0141. The molecule has 1 amide bonds. The molecule has 0 spiro atoms. The fourth-order valence-corrected chi connectivity index (χ4v) is 4.44. The second kappa shape index (κ2) is 8.90. The molecule has 4 aromatic rings. The number of aryl methyl sites for hydroxylation is 1. The number of fused-ring (bicyclic) bond motifs is 1. The van der Waals surface area contributed by atoms with Gasteiger partial charge < -0.3 is 14.8 Å². The number of carbonyl (C=O) groups excluding carboxylic acids is 1. The van der Waals surface area contributed by atoms with Crippen LogP contribution in [0.3, 0.4) is 0 Å². The summed E-state index contributed by atoms with van der Waals surface area (Å²) in [4.78, 5) is 26.3. The Hall–Kier alpha value is -4.14. The fraction of sp³-hybridized carbons (Fsp3) is 0.231. The Morgan fingerprint density at radius 3 is 2.60 bits per heavy atom. The van der Waals surface area contributed by atoms with Crippen LogP contribution in [0.2, 0.25) is 0 Å². The highest BCUT2D eigenvalue weighted by atomic mass is 19.1. The van der Waals surface area contributed by atoms with Crippen molar-refractivity contribution in [1.29, 1.82) is 0 Å². The van der Waals surface area contributed by atoms with Crippen molar-refractivity contribution in [2.24, 2.45) is 0 Å². The van der Waals surface area contributed by atoms with Crippen molar-refractivity contribution in [2.45, 2.75) is 33.2 Å². The van der Waals surface area contributed by atoms with E-state index in [1.165, 1.54) is 6.07 Å². The number of carbonyl (C=O) groups is 1. The molecule has 4 heterocycles. The van der Waals surface area contributed by atoms with Crippen molar-refractivity contribution in [3.05, 3.63) is 72.2 Å². The number of nitrogens with one attached hydrogen (secondary N) is 1. The molecule has 9 heteroatoms. The van der Waals surface area contributed by atoms with Crippen LogP contribution < -0.4 is 10.2 Å². The second-order valence-electron chi connectivity index (χ2n) is 8.74. The third kappa shape index (κ3) is 4.25. The van der Waals surface area contributed by atoms with Gasteiger partial charge in [0.15, 0.2) is 5.82 Å². The van der Waals surface area contributed by atoms with Crippen LogP contribution in [-0.2, 0) is 4.79 Å². The predicted molar refractivity (Wildman–Crippen MR) is 132 cm³/mol. The maximum Gasteiger partial charge on any atom is 0.250 e. The Bertz CT molecular complexity index is 1460. The number of hydrogen-bond acceptors (Lipinski definition) is 5.